The Kier molecular flexibility index (Phi) is 18.5. The zero-order chi connectivity index (χ0) is 23.5. The summed E-state index contributed by atoms with van der Waals surface area (Å²) in [5.41, 5.74) is 5.12. The second-order valence-corrected chi connectivity index (χ2v) is 6.63. The van der Waals surface area contributed by atoms with Crippen molar-refractivity contribution < 1.29 is 9.90 Å². The normalized spacial score (nSPS) is 13.1. The second-order valence-electron chi connectivity index (χ2n) is 6.63. The van der Waals surface area contributed by atoms with Crippen LogP contribution in [0.3, 0.4) is 0 Å². The maximum absolute atomic E-state index is 12.4. The molecule has 0 aromatic carbocycles. The van der Waals surface area contributed by atoms with E-state index in [1.807, 2.05) is 52.0 Å². The summed E-state index contributed by atoms with van der Waals surface area (Å²) in [5.74, 6) is -0.0640. The van der Waals surface area contributed by atoms with Gasteiger partial charge in [0.25, 0.3) is 0 Å². The van der Waals surface area contributed by atoms with Gasteiger partial charge in [0.2, 0.25) is 5.91 Å². The third-order valence-corrected chi connectivity index (χ3v) is 4.35. The molecule has 0 aromatic heterocycles. The first-order valence-electron chi connectivity index (χ1n) is 10.9. The number of likely N-dealkylation sites (N-methyl/N-ethyl adjacent to an activating group) is 1. The molecule has 0 aliphatic heterocycles. The molecule has 0 radical (unpaired) electrons. The van der Waals surface area contributed by atoms with Crippen LogP contribution >= 0.6 is 0 Å². The monoisotopic (exact) mass is 413 g/mol. The Bertz CT molecular complexity index is 688. The fourth-order valence-corrected chi connectivity index (χ4v) is 2.97. The summed E-state index contributed by atoms with van der Waals surface area (Å²) in [7, 11) is 1.70. The van der Waals surface area contributed by atoms with Crippen LogP contribution < -0.4 is 0 Å². The maximum atomic E-state index is 12.4. The first kappa shape index (κ1) is 29.8. The van der Waals surface area contributed by atoms with Crippen LogP contribution in [0.15, 0.2) is 83.6 Å². The molecule has 0 aromatic rings. The van der Waals surface area contributed by atoms with E-state index in [-0.39, 0.29) is 12.5 Å². The average molecular weight is 414 g/mol. The van der Waals surface area contributed by atoms with Crippen molar-refractivity contribution in [3.05, 3.63) is 83.6 Å². The predicted octanol–water partition coefficient (Wildman–Crippen LogP) is 6.72. The molecule has 0 atom stereocenters. The molecule has 0 aliphatic carbocycles. The van der Waals surface area contributed by atoms with Gasteiger partial charge in [-0.15, -0.1) is 0 Å². The lowest BCUT2D eigenvalue weighted by molar-refractivity contribution is -0.126. The summed E-state index contributed by atoms with van der Waals surface area (Å²) < 4.78 is 0. The van der Waals surface area contributed by atoms with Gasteiger partial charge in [-0.1, -0.05) is 82.9 Å². The molecule has 30 heavy (non-hydrogen) atoms. The molecule has 0 heterocycles. The van der Waals surface area contributed by atoms with Crippen molar-refractivity contribution >= 4 is 5.91 Å². The molecule has 1 N–H and O–H groups in total. The minimum atomic E-state index is -0.0640. The van der Waals surface area contributed by atoms with Gasteiger partial charge in [-0.2, -0.15) is 0 Å². The van der Waals surface area contributed by atoms with Crippen LogP contribution in [0, 0.1) is 0 Å². The smallest absolute Gasteiger partial charge is 0.249 e. The van der Waals surface area contributed by atoms with Crippen molar-refractivity contribution in [1.29, 1.82) is 0 Å². The number of rotatable bonds is 12. The van der Waals surface area contributed by atoms with Crippen molar-refractivity contribution in [1.82, 2.24) is 4.90 Å². The van der Waals surface area contributed by atoms with Crippen LogP contribution in [-0.4, -0.2) is 36.1 Å². The summed E-state index contributed by atoms with van der Waals surface area (Å²) >= 11 is 0. The number of nitrogens with zero attached hydrogens (tertiary/aromatic N) is 1. The van der Waals surface area contributed by atoms with Crippen LogP contribution in [0.4, 0.5) is 0 Å². The third-order valence-electron chi connectivity index (χ3n) is 4.35. The summed E-state index contributed by atoms with van der Waals surface area (Å²) in [6.45, 7) is 20.5. The second kappa shape index (κ2) is 18.6. The molecule has 3 nitrogen and oxygen atoms in total. The molecular weight excluding hydrogens is 370 g/mol. The van der Waals surface area contributed by atoms with E-state index in [4.69, 9.17) is 5.11 Å². The van der Waals surface area contributed by atoms with E-state index in [0.29, 0.717) is 18.5 Å². The lowest BCUT2D eigenvalue weighted by atomic mass is 9.91. The SMILES string of the molecule is C=C/C=C(C)/C(C(=C)/C=C\C/C(=C\C)C(=O)N(C)CCO)=C(/C=C/C)CCC.CC. The van der Waals surface area contributed by atoms with Crippen LogP contribution in [-0.2, 0) is 4.79 Å². The molecule has 1 amide bonds. The van der Waals surface area contributed by atoms with E-state index >= 15 is 0 Å². The highest BCUT2D eigenvalue weighted by Gasteiger charge is 2.13. The first-order valence-corrected chi connectivity index (χ1v) is 10.9. The molecule has 0 bridgehead atoms. The maximum Gasteiger partial charge on any atom is 0.249 e. The fraction of sp³-hybridized carbons (Fsp3) is 0.444. The first-order chi connectivity index (χ1) is 14.4. The Labute approximate surface area is 185 Å². The van der Waals surface area contributed by atoms with E-state index in [1.165, 1.54) is 10.5 Å². The van der Waals surface area contributed by atoms with Gasteiger partial charge < -0.3 is 10.0 Å². The lowest BCUT2D eigenvalue weighted by Crippen LogP contribution is -2.30. The van der Waals surface area contributed by atoms with Crippen LogP contribution in [0.25, 0.3) is 0 Å². The topological polar surface area (TPSA) is 40.5 Å². The highest BCUT2D eigenvalue weighted by atomic mass is 16.3. The van der Waals surface area contributed by atoms with Crippen LogP contribution in [0.2, 0.25) is 0 Å². The van der Waals surface area contributed by atoms with Crippen molar-refractivity contribution in [3.8, 4) is 0 Å². The summed E-state index contributed by atoms with van der Waals surface area (Å²) in [4.78, 5) is 13.9. The number of carbonyl (C=O) groups is 1. The predicted molar refractivity (Wildman–Crippen MR) is 133 cm³/mol. The van der Waals surface area contributed by atoms with E-state index in [0.717, 1.165) is 29.6 Å². The quantitative estimate of drug-likeness (QED) is 0.285. The lowest BCUT2D eigenvalue weighted by Gasteiger charge is -2.17. The van der Waals surface area contributed by atoms with Crippen molar-refractivity contribution in [2.75, 3.05) is 20.2 Å². The zero-order valence-electron chi connectivity index (χ0n) is 20.3. The van der Waals surface area contributed by atoms with E-state index in [9.17, 15) is 4.79 Å². The van der Waals surface area contributed by atoms with E-state index in [1.54, 1.807) is 13.1 Å². The number of aliphatic hydroxyl groups excluding tert-OH is 1. The number of hydrogen-bond acceptors (Lipinski definition) is 2. The number of aliphatic hydroxyl groups is 1. The number of amides is 1. The van der Waals surface area contributed by atoms with Gasteiger partial charge in [-0.3, -0.25) is 4.79 Å². The van der Waals surface area contributed by atoms with Gasteiger partial charge in [0, 0.05) is 19.2 Å². The molecule has 0 spiro atoms. The molecule has 0 aliphatic rings. The fourth-order valence-electron chi connectivity index (χ4n) is 2.97. The zero-order valence-corrected chi connectivity index (χ0v) is 20.3. The summed E-state index contributed by atoms with van der Waals surface area (Å²) in [6, 6.07) is 0. The van der Waals surface area contributed by atoms with Gasteiger partial charge in [0.1, 0.15) is 0 Å². The summed E-state index contributed by atoms with van der Waals surface area (Å²) in [6.07, 6.45) is 16.3. The van der Waals surface area contributed by atoms with Gasteiger partial charge in [0.15, 0.2) is 0 Å². The Balaban J connectivity index is 0. The molecule has 168 valence electrons. The molecule has 3 heteroatoms. The Morgan fingerprint density at radius 3 is 2.27 bits per heavy atom. The van der Waals surface area contributed by atoms with Crippen LogP contribution in [0.5, 0.6) is 0 Å². The van der Waals surface area contributed by atoms with Crippen molar-refractivity contribution in [3.63, 3.8) is 0 Å². The van der Waals surface area contributed by atoms with Crippen molar-refractivity contribution in [2.45, 2.75) is 60.8 Å². The highest BCUT2D eigenvalue weighted by Crippen LogP contribution is 2.27. The molecule has 0 unspecified atom stereocenters. The van der Waals surface area contributed by atoms with Crippen LogP contribution in [0.1, 0.15) is 60.8 Å². The Hall–Kier alpha value is -2.39. The molecular formula is C27H43NO2. The standard InChI is InChI=1S/C25H37NO2.C2H6/c1-8-13-20(5)24(23(14-9-2)15-10-3)21(6)16-12-17-22(11-4)25(28)26(7)18-19-27;1-2/h8-9,11-14,16,27H,1,6,10,15,17-19H2,2-5,7H3;1-2H3/b14-9+,16-12-,20-13+,22-11+,24-23+;. The molecule has 0 saturated carbocycles. The van der Waals surface area contributed by atoms with Gasteiger partial charge in [-0.25, -0.2) is 0 Å². The number of carbonyl (C=O) groups excluding carboxylic acids is 1. The molecule has 0 saturated heterocycles. The minimum absolute atomic E-state index is 0.0416. The van der Waals surface area contributed by atoms with E-state index < -0.39 is 0 Å². The molecule has 0 rings (SSSR count). The summed E-state index contributed by atoms with van der Waals surface area (Å²) in [5, 5.41) is 9.02. The minimum Gasteiger partial charge on any atom is -0.395 e. The highest BCUT2D eigenvalue weighted by molar-refractivity contribution is 5.93. The number of allylic oxidation sites excluding steroid dienone is 11. The van der Waals surface area contributed by atoms with Crippen molar-refractivity contribution in [2.24, 2.45) is 0 Å². The Morgan fingerprint density at radius 1 is 1.17 bits per heavy atom. The van der Waals surface area contributed by atoms with E-state index in [2.05, 4.69) is 39.2 Å². The largest absolute Gasteiger partial charge is 0.395 e. The number of hydrogen-bond donors (Lipinski definition) is 1. The van der Waals surface area contributed by atoms with Gasteiger partial charge in [-0.05, 0) is 55.9 Å². The van der Waals surface area contributed by atoms with Gasteiger partial charge >= 0.3 is 0 Å². The average Bonchev–Trinajstić information content (AvgIpc) is 2.73. The Morgan fingerprint density at radius 2 is 1.80 bits per heavy atom. The third kappa shape index (κ3) is 11.0. The van der Waals surface area contributed by atoms with Gasteiger partial charge in [0.05, 0.1) is 6.61 Å². The molecule has 0 fully saturated rings.